The number of aromatic nitrogens is 2. The van der Waals surface area contributed by atoms with Gasteiger partial charge in [-0.3, -0.25) is 10.1 Å². The Morgan fingerprint density at radius 2 is 2.10 bits per heavy atom. The van der Waals surface area contributed by atoms with Crippen molar-refractivity contribution < 1.29 is 19.1 Å². The molecule has 1 aromatic heterocycles. The molecule has 1 fully saturated rings. The summed E-state index contributed by atoms with van der Waals surface area (Å²) in [6.07, 6.45) is 5.26. The van der Waals surface area contributed by atoms with E-state index in [-0.39, 0.29) is 11.7 Å². The number of hydrogen-bond donors (Lipinski definition) is 2. The Kier molecular flexibility index (Phi) is 4.99. The summed E-state index contributed by atoms with van der Waals surface area (Å²) >= 11 is 0.865. The van der Waals surface area contributed by atoms with E-state index in [0.717, 1.165) is 37.4 Å². The minimum absolute atomic E-state index is 0.0400. The number of hydrogen-bond acceptors (Lipinski definition) is 7. The number of carbonyl (C=O) groups is 3. The van der Waals surface area contributed by atoms with E-state index in [9.17, 15) is 14.4 Å². The molecule has 0 bridgehead atoms. The lowest BCUT2D eigenvalue weighted by atomic mass is 10.2. The monoisotopic (exact) mass is 298 g/mol. The van der Waals surface area contributed by atoms with Crippen LogP contribution in [0.5, 0.6) is 0 Å². The molecule has 1 heterocycles. The fourth-order valence-corrected chi connectivity index (χ4v) is 2.32. The zero-order chi connectivity index (χ0) is 14.4. The molecule has 1 aliphatic carbocycles. The van der Waals surface area contributed by atoms with Gasteiger partial charge in [-0.05, 0) is 12.8 Å². The van der Waals surface area contributed by atoms with Crippen molar-refractivity contribution in [2.45, 2.75) is 31.7 Å². The summed E-state index contributed by atoms with van der Waals surface area (Å²) in [4.78, 5) is 34.3. The van der Waals surface area contributed by atoms with Crippen LogP contribution in [0.2, 0.25) is 0 Å². The summed E-state index contributed by atoms with van der Waals surface area (Å²) < 4.78 is 12.0. The first kappa shape index (κ1) is 14.4. The Bertz CT molecular complexity index is 485. The Balaban J connectivity index is 1.67. The average Bonchev–Trinajstić information content (AvgIpc) is 3.08. The largest absolute Gasteiger partial charge is 0.451 e. The van der Waals surface area contributed by atoms with Crippen molar-refractivity contribution in [2.75, 3.05) is 6.61 Å². The van der Waals surface area contributed by atoms with Gasteiger partial charge in [-0.15, -0.1) is 0 Å². The topological polar surface area (TPSA) is 110 Å². The van der Waals surface area contributed by atoms with Gasteiger partial charge in [0.15, 0.2) is 12.3 Å². The van der Waals surface area contributed by atoms with E-state index in [1.165, 1.54) is 6.20 Å². The Labute approximate surface area is 119 Å². The highest BCUT2D eigenvalue weighted by Crippen LogP contribution is 2.17. The molecule has 0 unspecified atom stereocenters. The van der Waals surface area contributed by atoms with Crippen molar-refractivity contribution in [3.8, 4) is 0 Å². The average molecular weight is 298 g/mol. The molecule has 0 radical (unpaired) electrons. The molecule has 2 rings (SSSR count). The van der Waals surface area contributed by atoms with Crippen LogP contribution in [0.15, 0.2) is 6.20 Å². The molecule has 20 heavy (non-hydrogen) atoms. The van der Waals surface area contributed by atoms with Gasteiger partial charge in [0.1, 0.15) is 0 Å². The Morgan fingerprint density at radius 1 is 1.35 bits per heavy atom. The zero-order valence-electron chi connectivity index (χ0n) is 10.6. The van der Waals surface area contributed by atoms with Crippen LogP contribution in [0, 0.1) is 0 Å². The van der Waals surface area contributed by atoms with Crippen LogP contribution < -0.4 is 10.6 Å². The van der Waals surface area contributed by atoms with Gasteiger partial charge >= 0.3 is 12.0 Å². The molecule has 0 spiro atoms. The minimum atomic E-state index is -0.745. The van der Waals surface area contributed by atoms with Crippen LogP contribution in [-0.2, 0) is 9.53 Å². The Morgan fingerprint density at radius 3 is 2.75 bits per heavy atom. The van der Waals surface area contributed by atoms with Gasteiger partial charge in [0.25, 0.3) is 5.91 Å². The second kappa shape index (κ2) is 6.94. The molecule has 9 heteroatoms. The lowest BCUT2D eigenvalue weighted by molar-refractivity contribution is -0.123. The van der Waals surface area contributed by atoms with Crippen LogP contribution >= 0.6 is 11.7 Å². The minimum Gasteiger partial charge on any atom is -0.451 e. The molecule has 1 saturated carbocycles. The van der Waals surface area contributed by atoms with Gasteiger partial charge < -0.3 is 10.1 Å². The fourth-order valence-electron chi connectivity index (χ4n) is 1.91. The SMILES string of the molecule is O=C(COC(=O)c1cnsn1)NC(=O)NC1CCCC1. The van der Waals surface area contributed by atoms with Gasteiger partial charge in [-0.25, -0.2) is 9.59 Å². The van der Waals surface area contributed by atoms with Crippen LogP contribution in [0.1, 0.15) is 36.2 Å². The molecule has 1 aromatic rings. The van der Waals surface area contributed by atoms with Gasteiger partial charge in [-0.1, -0.05) is 12.8 Å². The summed E-state index contributed by atoms with van der Waals surface area (Å²) in [5.74, 6) is -1.43. The van der Waals surface area contributed by atoms with Crippen LogP contribution in [-0.4, -0.2) is 39.3 Å². The number of urea groups is 1. The molecule has 0 atom stereocenters. The molecule has 3 amide bonds. The van der Waals surface area contributed by atoms with Crippen LogP contribution in [0.4, 0.5) is 4.79 Å². The maximum Gasteiger partial charge on any atom is 0.360 e. The van der Waals surface area contributed by atoms with E-state index >= 15 is 0 Å². The Hall–Kier alpha value is -2.03. The van der Waals surface area contributed by atoms with Gasteiger partial charge in [0, 0.05) is 6.04 Å². The second-order valence-corrected chi connectivity index (χ2v) is 4.93. The maximum atomic E-state index is 11.5. The fraction of sp³-hybridized carbons (Fsp3) is 0.545. The lowest BCUT2D eigenvalue weighted by Crippen LogP contribution is -2.45. The second-order valence-electron chi connectivity index (χ2n) is 4.37. The number of nitrogens with one attached hydrogen (secondary N) is 2. The van der Waals surface area contributed by atoms with Gasteiger partial charge in [0.2, 0.25) is 0 Å². The van der Waals surface area contributed by atoms with E-state index in [1.54, 1.807) is 0 Å². The first-order valence-corrected chi connectivity index (χ1v) is 6.93. The molecule has 1 aliphatic rings. The van der Waals surface area contributed by atoms with Crippen molar-refractivity contribution in [3.63, 3.8) is 0 Å². The van der Waals surface area contributed by atoms with E-state index < -0.39 is 24.5 Å². The lowest BCUT2D eigenvalue weighted by Gasteiger charge is -2.12. The third-order valence-electron chi connectivity index (χ3n) is 2.85. The van der Waals surface area contributed by atoms with E-state index in [2.05, 4.69) is 19.4 Å². The van der Waals surface area contributed by atoms with E-state index in [0.29, 0.717) is 0 Å². The highest BCUT2D eigenvalue weighted by molar-refractivity contribution is 6.99. The summed E-state index contributed by atoms with van der Waals surface area (Å²) in [5.41, 5.74) is 0.0400. The standard InChI is InChI=1S/C11H14N4O4S/c16-9(6-19-10(17)8-5-12-20-15-8)14-11(18)13-7-3-1-2-4-7/h5,7H,1-4,6H2,(H2,13,14,16,18). The first-order chi connectivity index (χ1) is 9.65. The number of ether oxygens (including phenoxy) is 1. The zero-order valence-corrected chi connectivity index (χ0v) is 11.4. The molecular weight excluding hydrogens is 284 g/mol. The number of amides is 3. The number of carbonyl (C=O) groups excluding carboxylic acids is 3. The maximum absolute atomic E-state index is 11.5. The predicted molar refractivity (Wildman–Crippen MR) is 69.1 cm³/mol. The highest BCUT2D eigenvalue weighted by Gasteiger charge is 2.19. The number of imide groups is 1. The van der Waals surface area contributed by atoms with Crippen molar-refractivity contribution in [1.82, 2.24) is 19.4 Å². The first-order valence-electron chi connectivity index (χ1n) is 6.20. The van der Waals surface area contributed by atoms with Crippen molar-refractivity contribution in [3.05, 3.63) is 11.9 Å². The number of rotatable bonds is 4. The van der Waals surface area contributed by atoms with Crippen LogP contribution in [0.3, 0.4) is 0 Å². The summed E-state index contributed by atoms with van der Waals surface area (Å²) in [6.45, 7) is -0.533. The molecular formula is C11H14N4O4S. The van der Waals surface area contributed by atoms with E-state index in [4.69, 9.17) is 4.74 Å². The molecule has 8 nitrogen and oxygen atoms in total. The normalized spacial score (nSPS) is 14.8. The van der Waals surface area contributed by atoms with Crippen LogP contribution in [0.25, 0.3) is 0 Å². The summed E-state index contributed by atoms with van der Waals surface area (Å²) in [5, 5.41) is 4.80. The van der Waals surface area contributed by atoms with Crippen molar-refractivity contribution >= 4 is 29.6 Å². The molecule has 0 saturated heterocycles. The summed E-state index contributed by atoms with van der Waals surface area (Å²) in [6, 6.07) is -0.445. The van der Waals surface area contributed by atoms with Crippen molar-refractivity contribution in [1.29, 1.82) is 0 Å². The van der Waals surface area contributed by atoms with E-state index in [1.807, 2.05) is 0 Å². The molecule has 0 aliphatic heterocycles. The summed E-state index contributed by atoms with van der Waals surface area (Å²) in [7, 11) is 0. The third kappa shape index (κ3) is 4.26. The smallest absolute Gasteiger partial charge is 0.360 e. The number of esters is 1. The van der Waals surface area contributed by atoms with Crippen molar-refractivity contribution in [2.24, 2.45) is 0 Å². The number of nitrogens with zero attached hydrogens (tertiary/aromatic N) is 2. The highest BCUT2D eigenvalue weighted by atomic mass is 32.1. The predicted octanol–water partition coefficient (Wildman–Crippen LogP) is 0.463. The quantitative estimate of drug-likeness (QED) is 0.781. The molecule has 108 valence electrons. The van der Waals surface area contributed by atoms with Gasteiger partial charge in [0.05, 0.1) is 17.9 Å². The molecule has 2 N–H and O–H groups in total. The molecule has 0 aromatic carbocycles. The third-order valence-corrected chi connectivity index (χ3v) is 3.33. The van der Waals surface area contributed by atoms with Gasteiger partial charge in [-0.2, -0.15) is 8.75 Å².